The van der Waals surface area contributed by atoms with E-state index in [9.17, 15) is 4.21 Å². The van der Waals surface area contributed by atoms with E-state index >= 15 is 0 Å². The standard InChI is InChI=1S/C13H13N5O2S/c19-21(20)17-12-4-13(5-12,6-12)18-7-16-9-3-15-11-8(10(9)18)1-2-14-11/h1-3,7,17H,4-6H2,(H,14,15)(H,19,20). The lowest BCUT2D eigenvalue weighted by Gasteiger charge is -2.70. The van der Waals surface area contributed by atoms with Gasteiger partial charge < -0.3 is 9.55 Å². The Labute approximate surface area is 122 Å². The number of hydrogen-bond acceptors (Lipinski definition) is 3. The van der Waals surface area contributed by atoms with Gasteiger partial charge in [0.25, 0.3) is 0 Å². The highest BCUT2D eigenvalue weighted by molar-refractivity contribution is 7.77. The molecule has 3 heterocycles. The second-order valence-corrected chi connectivity index (χ2v) is 6.94. The van der Waals surface area contributed by atoms with Crippen LogP contribution in [0.1, 0.15) is 19.3 Å². The van der Waals surface area contributed by atoms with Crippen LogP contribution in [0.15, 0.2) is 24.8 Å². The normalized spacial score (nSPS) is 32.0. The third-order valence-electron chi connectivity index (χ3n) is 4.91. The lowest BCUT2D eigenvalue weighted by Crippen LogP contribution is -2.78. The zero-order chi connectivity index (χ0) is 14.2. The summed E-state index contributed by atoms with van der Waals surface area (Å²) in [6.07, 6.45) is 8.14. The fraction of sp³-hybridized carbons (Fsp3) is 0.385. The Balaban J connectivity index is 1.61. The van der Waals surface area contributed by atoms with Crippen LogP contribution in [0.5, 0.6) is 0 Å². The molecule has 3 N–H and O–H groups in total. The van der Waals surface area contributed by atoms with E-state index in [4.69, 9.17) is 4.55 Å². The Morgan fingerprint density at radius 1 is 1.38 bits per heavy atom. The smallest absolute Gasteiger partial charge is 0.232 e. The summed E-state index contributed by atoms with van der Waals surface area (Å²) in [6.45, 7) is 0. The maximum absolute atomic E-state index is 10.9. The Morgan fingerprint density at radius 2 is 2.19 bits per heavy atom. The summed E-state index contributed by atoms with van der Waals surface area (Å²) in [5.41, 5.74) is 2.71. The third kappa shape index (κ3) is 1.37. The van der Waals surface area contributed by atoms with Crippen LogP contribution in [0.3, 0.4) is 0 Å². The monoisotopic (exact) mass is 303 g/mol. The van der Waals surface area contributed by atoms with Gasteiger partial charge in [0.2, 0.25) is 11.3 Å². The number of aromatic amines is 1. The fourth-order valence-corrected chi connectivity index (χ4v) is 4.74. The van der Waals surface area contributed by atoms with Crippen LogP contribution < -0.4 is 4.72 Å². The summed E-state index contributed by atoms with van der Waals surface area (Å²) in [5, 5.41) is 1.07. The van der Waals surface area contributed by atoms with Crippen molar-refractivity contribution in [2.24, 2.45) is 0 Å². The summed E-state index contributed by atoms with van der Waals surface area (Å²) >= 11 is -1.94. The van der Waals surface area contributed by atoms with E-state index < -0.39 is 11.3 Å². The SMILES string of the molecule is O=S(O)NC12CC(n3cnc4cnc5[nH]ccc5c43)(C1)C2. The molecule has 3 saturated carbocycles. The number of aromatic nitrogens is 4. The molecule has 1 unspecified atom stereocenters. The van der Waals surface area contributed by atoms with Crippen LogP contribution in [0.4, 0.5) is 0 Å². The average Bonchev–Trinajstić information content (AvgIpc) is 2.96. The number of nitrogens with zero attached hydrogens (tertiary/aromatic N) is 3. The van der Waals surface area contributed by atoms with Gasteiger partial charge in [-0.2, -0.15) is 0 Å². The first-order valence-electron chi connectivity index (χ1n) is 6.79. The minimum Gasteiger partial charge on any atom is -0.346 e. The Morgan fingerprint density at radius 3 is 2.95 bits per heavy atom. The van der Waals surface area contributed by atoms with E-state index in [0.29, 0.717) is 0 Å². The van der Waals surface area contributed by atoms with Gasteiger partial charge in [0, 0.05) is 17.1 Å². The molecule has 0 amide bonds. The van der Waals surface area contributed by atoms with Crippen molar-refractivity contribution < 1.29 is 8.76 Å². The van der Waals surface area contributed by atoms with Crippen molar-refractivity contribution in [3.63, 3.8) is 0 Å². The quantitative estimate of drug-likeness (QED) is 0.635. The maximum Gasteiger partial charge on any atom is 0.232 e. The molecule has 6 rings (SSSR count). The van der Waals surface area contributed by atoms with Crippen molar-refractivity contribution in [1.29, 1.82) is 0 Å². The van der Waals surface area contributed by atoms with Crippen molar-refractivity contribution in [2.45, 2.75) is 30.3 Å². The molecule has 108 valence electrons. The zero-order valence-electron chi connectivity index (χ0n) is 11.0. The van der Waals surface area contributed by atoms with E-state index in [2.05, 4.69) is 24.2 Å². The van der Waals surface area contributed by atoms with Crippen molar-refractivity contribution in [2.75, 3.05) is 0 Å². The van der Waals surface area contributed by atoms with Crippen LogP contribution in [-0.4, -0.2) is 33.8 Å². The molecule has 1 atom stereocenters. The molecule has 3 aromatic heterocycles. The molecule has 3 aromatic rings. The molecule has 3 aliphatic carbocycles. The molecule has 0 aromatic carbocycles. The summed E-state index contributed by atoms with van der Waals surface area (Å²) in [7, 11) is 0. The number of imidazole rings is 1. The summed E-state index contributed by atoms with van der Waals surface area (Å²) < 4.78 is 24.9. The molecule has 2 bridgehead atoms. The van der Waals surface area contributed by atoms with Crippen molar-refractivity contribution in [3.05, 3.63) is 24.8 Å². The lowest BCUT2D eigenvalue weighted by atomic mass is 9.44. The number of rotatable bonds is 3. The van der Waals surface area contributed by atoms with Gasteiger partial charge in [0.05, 0.1) is 23.6 Å². The molecular weight excluding hydrogens is 290 g/mol. The van der Waals surface area contributed by atoms with Crippen LogP contribution >= 0.6 is 0 Å². The Hall–Kier alpha value is -1.77. The van der Waals surface area contributed by atoms with Gasteiger partial charge in [0.15, 0.2) is 0 Å². The van der Waals surface area contributed by atoms with Gasteiger partial charge in [-0.15, -0.1) is 0 Å². The molecule has 8 heteroatoms. The van der Waals surface area contributed by atoms with E-state index in [1.807, 2.05) is 18.6 Å². The first-order chi connectivity index (χ1) is 10.1. The average molecular weight is 303 g/mol. The van der Waals surface area contributed by atoms with Gasteiger partial charge in [-0.25, -0.2) is 18.9 Å². The highest BCUT2D eigenvalue weighted by Crippen LogP contribution is 2.65. The molecule has 0 saturated heterocycles. The number of H-pyrrole nitrogens is 1. The van der Waals surface area contributed by atoms with Crippen molar-refractivity contribution in [3.8, 4) is 0 Å². The fourth-order valence-electron chi connectivity index (χ4n) is 4.15. The first-order valence-corrected chi connectivity index (χ1v) is 7.90. The van der Waals surface area contributed by atoms with Crippen LogP contribution in [0.25, 0.3) is 22.1 Å². The molecule has 0 radical (unpaired) electrons. The predicted molar refractivity (Wildman–Crippen MR) is 77.8 cm³/mol. The van der Waals surface area contributed by atoms with Crippen LogP contribution in [0.2, 0.25) is 0 Å². The molecule has 3 fully saturated rings. The number of pyridine rings is 1. The van der Waals surface area contributed by atoms with Gasteiger partial charge in [0.1, 0.15) is 11.2 Å². The third-order valence-corrected chi connectivity index (χ3v) is 5.52. The highest BCUT2D eigenvalue weighted by atomic mass is 32.2. The topological polar surface area (TPSA) is 95.8 Å². The van der Waals surface area contributed by atoms with Gasteiger partial charge in [-0.1, -0.05) is 0 Å². The lowest BCUT2D eigenvalue weighted by molar-refractivity contribution is -0.122. The predicted octanol–water partition coefficient (Wildman–Crippen LogP) is 1.27. The van der Waals surface area contributed by atoms with E-state index in [0.717, 1.165) is 41.3 Å². The summed E-state index contributed by atoms with van der Waals surface area (Å²) in [5.74, 6) is 0. The van der Waals surface area contributed by atoms with Crippen molar-refractivity contribution in [1.82, 2.24) is 24.2 Å². The van der Waals surface area contributed by atoms with Gasteiger partial charge in [-0.3, -0.25) is 4.55 Å². The Kier molecular flexibility index (Phi) is 1.98. The maximum atomic E-state index is 10.9. The largest absolute Gasteiger partial charge is 0.346 e. The van der Waals surface area contributed by atoms with E-state index in [1.54, 1.807) is 6.20 Å². The summed E-state index contributed by atoms with van der Waals surface area (Å²) in [6, 6.07) is 2.02. The Bertz CT molecular complexity index is 894. The molecule has 3 aliphatic rings. The minimum absolute atomic E-state index is 0.0344. The molecular formula is C13H13N5O2S. The minimum atomic E-state index is -1.94. The molecule has 0 spiro atoms. The zero-order valence-corrected chi connectivity index (χ0v) is 11.9. The number of hydrogen-bond donors (Lipinski definition) is 3. The van der Waals surface area contributed by atoms with Crippen LogP contribution in [-0.2, 0) is 16.8 Å². The van der Waals surface area contributed by atoms with Gasteiger partial charge in [-0.05, 0) is 25.3 Å². The molecule has 0 aliphatic heterocycles. The number of nitrogens with one attached hydrogen (secondary N) is 2. The highest BCUT2D eigenvalue weighted by Gasteiger charge is 2.70. The summed E-state index contributed by atoms with van der Waals surface area (Å²) in [4.78, 5) is 11.9. The second-order valence-electron chi connectivity index (χ2n) is 6.23. The molecule has 7 nitrogen and oxygen atoms in total. The van der Waals surface area contributed by atoms with E-state index in [-0.39, 0.29) is 11.1 Å². The van der Waals surface area contributed by atoms with E-state index in [1.165, 1.54) is 0 Å². The van der Waals surface area contributed by atoms with Gasteiger partial charge >= 0.3 is 0 Å². The molecule has 21 heavy (non-hydrogen) atoms. The van der Waals surface area contributed by atoms with Crippen molar-refractivity contribution >= 4 is 33.3 Å². The first kappa shape index (κ1) is 11.8. The second kappa shape index (κ2) is 3.52. The van der Waals surface area contributed by atoms with Crippen LogP contribution in [0, 0.1) is 0 Å². The number of fused-ring (bicyclic) bond motifs is 3.